The lowest BCUT2D eigenvalue weighted by atomic mass is 10.2. The molecule has 0 aliphatic rings. The Bertz CT molecular complexity index is 331. The molecule has 4 heteroatoms. The summed E-state index contributed by atoms with van der Waals surface area (Å²) < 4.78 is 18.7. The average molecular weight is 240 g/mol. The van der Waals surface area contributed by atoms with Gasteiger partial charge in [-0.05, 0) is 38.2 Å². The van der Waals surface area contributed by atoms with Gasteiger partial charge >= 0.3 is 0 Å². The molecule has 0 amide bonds. The highest BCUT2D eigenvalue weighted by Crippen LogP contribution is 2.20. The summed E-state index contributed by atoms with van der Waals surface area (Å²) in [4.78, 5) is 0. The Kier molecular flexibility index (Phi) is 6.58. The highest BCUT2D eigenvalue weighted by atomic mass is 19.1. The number of methoxy groups -OCH3 is 1. The van der Waals surface area contributed by atoms with Crippen LogP contribution in [0.15, 0.2) is 18.2 Å². The molecule has 0 bridgehead atoms. The molecule has 0 aliphatic carbocycles. The molecule has 0 atom stereocenters. The first-order valence-corrected chi connectivity index (χ1v) is 6.02. The molecule has 3 nitrogen and oxygen atoms in total. The molecule has 0 heterocycles. The number of hydrogen-bond acceptors (Lipinski definition) is 3. The molecule has 1 aromatic rings. The monoisotopic (exact) mass is 240 g/mol. The summed E-state index contributed by atoms with van der Waals surface area (Å²) >= 11 is 0. The average Bonchev–Trinajstić information content (AvgIpc) is 2.35. The van der Waals surface area contributed by atoms with Crippen molar-refractivity contribution in [2.45, 2.75) is 19.9 Å². The van der Waals surface area contributed by atoms with Crippen LogP contribution in [0.2, 0.25) is 0 Å². The third kappa shape index (κ3) is 4.71. The molecule has 1 rings (SSSR count). The van der Waals surface area contributed by atoms with Gasteiger partial charge in [0.05, 0.1) is 7.11 Å². The minimum absolute atomic E-state index is 0.219. The minimum Gasteiger partial charge on any atom is -0.496 e. The van der Waals surface area contributed by atoms with Crippen molar-refractivity contribution in [1.29, 1.82) is 0 Å². The van der Waals surface area contributed by atoms with Gasteiger partial charge in [0.25, 0.3) is 0 Å². The van der Waals surface area contributed by atoms with E-state index < -0.39 is 0 Å². The van der Waals surface area contributed by atoms with Gasteiger partial charge in [-0.25, -0.2) is 4.39 Å². The van der Waals surface area contributed by atoms with E-state index in [4.69, 9.17) is 4.74 Å². The first-order valence-electron chi connectivity index (χ1n) is 6.02. The normalized spacial score (nSPS) is 10.5. The Balaban J connectivity index is 2.35. The van der Waals surface area contributed by atoms with Crippen molar-refractivity contribution in [3.8, 4) is 5.75 Å². The molecule has 0 saturated heterocycles. The van der Waals surface area contributed by atoms with Crippen molar-refractivity contribution in [1.82, 2.24) is 10.6 Å². The summed E-state index contributed by atoms with van der Waals surface area (Å²) in [6.07, 6.45) is 1.03. The maximum atomic E-state index is 13.5. The standard InChI is InChI=1S/C13H21FN2O/c1-3-15-8-5-9-16-10-11-12(14)6-4-7-13(11)17-2/h4,6-7,15-16H,3,5,8-10H2,1-2H3. The maximum Gasteiger partial charge on any atom is 0.131 e. The lowest BCUT2D eigenvalue weighted by Crippen LogP contribution is -2.22. The van der Waals surface area contributed by atoms with Crippen molar-refractivity contribution in [3.05, 3.63) is 29.6 Å². The second-order valence-corrected chi connectivity index (χ2v) is 3.80. The lowest BCUT2D eigenvalue weighted by molar-refractivity contribution is 0.401. The Labute approximate surface area is 102 Å². The topological polar surface area (TPSA) is 33.3 Å². The maximum absolute atomic E-state index is 13.5. The molecule has 0 aliphatic heterocycles. The highest BCUT2D eigenvalue weighted by Gasteiger charge is 2.07. The molecular weight excluding hydrogens is 219 g/mol. The van der Waals surface area contributed by atoms with E-state index in [1.165, 1.54) is 6.07 Å². The molecule has 96 valence electrons. The molecule has 17 heavy (non-hydrogen) atoms. The zero-order chi connectivity index (χ0) is 12.5. The SMILES string of the molecule is CCNCCCNCc1c(F)cccc1OC. The van der Waals surface area contributed by atoms with E-state index in [-0.39, 0.29) is 5.82 Å². The van der Waals surface area contributed by atoms with Crippen LogP contribution in [0.25, 0.3) is 0 Å². The molecule has 2 N–H and O–H groups in total. The zero-order valence-corrected chi connectivity index (χ0v) is 10.6. The van der Waals surface area contributed by atoms with Gasteiger partial charge in [0.1, 0.15) is 11.6 Å². The van der Waals surface area contributed by atoms with Gasteiger partial charge in [0, 0.05) is 12.1 Å². The Morgan fingerprint density at radius 1 is 1.24 bits per heavy atom. The molecule has 0 fully saturated rings. The van der Waals surface area contributed by atoms with Crippen molar-refractivity contribution in [2.75, 3.05) is 26.7 Å². The van der Waals surface area contributed by atoms with Crippen LogP contribution in [0.5, 0.6) is 5.75 Å². The van der Waals surface area contributed by atoms with E-state index >= 15 is 0 Å². The number of halogens is 1. The summed E-state index contributed by atoms with van der Waals surface area (Å²) in [5.41, 5.74) is 0.596. The van der Waals surface area contributed by atoms with Crippen LogP contribution in [-0.4, -0.2) is 26.7 Å². The van der Waals surface area contributed by atoms with Crippen LogP contribution < -0.4 is 15.4 Å². The Morgan fingerprint density at radius 2 is 2.00 bits per heavy atom. The van der Waals surface area contributed by atoms with Crippen molar-refractivity contribution >= 4 is 0 Å². The fourth-order valence-corrected chi connectivity index (χ4v) is 1.63. The summed E-state index contributed by atoms with van der Waals surface area (Å²) in [6, 6.07) is 4.89. The van der Waals surface area contributed by atoms with E-state index in [1.54, 1.807) is 19.2 Å². The predicted molar refractivity (Wildman–Crippen MR) is 67.8 cm³/mol. The van der Waals surface area contributed by atoms with Gasteiger partial charge in [-0.3, -0.25) is 0 Å². The fourth-order valence-electron chi connectivity index (χ4n) is 1.63. The first kappa shape index (κ1) is 13.9. The van der Waals surface area contributed by atoms with Crippen molar-refractivity contribution in [2.24, 2.45) is 0 Å². The van der Waals surface area contributed by atoms with E-state index in [2.05, 4.69) is 17.6 Å². The molecule has 0 spiro atoms. The molecule has 0 unspecified atom stereocenters. The largest absolute Gasteiger partial charge is 0.496 e. The molecule has 0 radical (unpaired) electrons. The zero-order valence-electron chi connectivity index (χ0n) is 10.6. The molecular formula is C13H21FN2O. The van der Waals surface area contributed by atoms with E-state index in [1.807, 2.05) is 0 Å². The Morgan fingerprint density at radius 3 is 2.71 bits per heavy atom. The molecule has 0 saturated carbocycles. The smallest absolute Gasteiger partial charge is 0.131 e. The van der Waals surface area contributed by atoms with Crippen LogP contribution in [0, 0.1) is 5.82 Å². The van der Waals surface area contributed by atoms with Crippen molar-refractivity contribution < 1.29 is 9.13 Å². The lowest BCUT2D eigenvalue weighted by Gasteiger charge is -2.10. The highest BCUT2D eigenvalue weighted by molar-refractivity contribution is 5.34. The summed E-state index contributed by atoms with van der Waals surface area (Å²) in [5.74, 6) is 0.382. The minimum atomic E-state index is -0.219. The quantitative estimate of drug-likeness (QED) is 0.681. The third-order valence-electron chi connectivity index (χ3n) is 2.55. The van der Waals surface area contributed by atoms with Crippen LogP contribution in [0.4, 0.5) is 4.39 Å². The summed E-state index contributed by atoms with van der Waals surface area (Å²) in [6.45, 7) is 5.42. The number of hydrogen-bond donors (Lipinski definition) is 2. The van der Waals surface area contributed by atoms with Gasteiger partial charge in [-0.15, -0.1) is 0 Å². The summed E-state index contributed by atoms with van der Waals surface area (Å²) in [5, 5.41) is 6.46. The molecule has 1 aromatic carbocycles. The number of ether oxygens (including phenoxy) is 1. The van der Waals surface area contributed by atoms with Gasteiger partial charge in [0.15, 0.2) is 0 Å². The third-order valence-corrected chi connectivity index (χ3v) is 2.55. The second-order valence-electron chi connectivity index (χ2n) is 3.80. The number of benzene rings is 1. The van der Waals surface area contributed by atoms with E-state index in [0.717, 1.165) is 26.1 Å². The van der Waals surface area contributed by atoms with Gasteiger partial charge in [0.2, 0.25) is 0 Å². The van der Waals surface area contributed by atoms with E-state index in [0.29, 0.717) is 17.9 Å². The predicted octanol–water partition coefficient (Wildman–Crippen LogP) is 1.92. The van der Waals surface area contributed by atoms with Crippen LogP contribution in [0.1, 0.15) is 18.9 Å². The van der Waals surface area contributed by atoms with Gasteiger partial charge in [-0.2, -0.15) is 0 Å². The number of nitrogens with one attached hydrogen (secondary N) is 2. The first-order chi connectivity index (χ1) is 8.29. The fraction of sp³-hybridized carbons (Fsp3) is 0.538. The second kappa shape index (κ2) is 8.03. The van der Waals surface area contributed by atoms with Crippen LogP contribution >= 0.6 is 0 Å². The van der Waals surface area contributed by atoms with Gasteiger partial charge in [-0.1, -0.05) is 13.0 Å². The van der Waals surface area contributed by atoms with Crippen molar-refractivity contribution in [3.63, 3.8) is 0 Å². The van der Waals surface area contributed by atoms with Crippen LogP contribution in [-0.2, 0) is 6.54 Å². The summed E-state index contributed by atoms with van der Waals surface area (Å²) in [7, 11) is 1.56. The Hall–Kier alpha value is -1.13. The van der Waals surface area contributed by atoms with Crippen LogP contribution in [0.3, 0.4) is 0 Å². The molecule has 0 aromatic heterocycles. The van der Waals surface area contributed by atoms with E-state index in [9.17, 15) is 4.39 Å². The number of rotatable bonds is 8. The van der Waals surface area contributed by atoms with Gasteiger partial charge < -0.3 is 15.4 Å².